The van der Waals surface area contributed by atoms with Gasteiger partial charge >= 0.3 is 5.97 Å². The summed E-state index contributed by atoms with van der Waals surface area (Å²) in [5.74, 6) is -2.17. The van der Waals surface area contributed by atoms with Crippen LogP contribution in [0.4, 0.5) is 8.78 Å². The van der Waals surface area contributed by atoms with Crippen LogP contribution in [0.3, 0.4) is 0 Å². The Hall–Kier alpha value is -1.99. The Morgan fingerprint density at radius 2 is 2.15 bits per heavy atom. The lowest BCUT2D eigenvalue weighted by Gasteiger charge is -2.10. The lowest BCUT2D eigenvalue weighted by Crippen LogP contribution is -2.32. The maximum absolute atomic E-state index is 12.2. The third-order valence-corrected chi connectivity index (χ3v) is 2.87. The highest BCUT2D eigenvalue weighted by atomic mass is 19.3. The second kappa shape index (κ2) is 6.97. The van der Waals surface area contributed by atoms with Crippen molar-refractivity contribution < 1.29 is 23.5 Å². The molecule has 0 aliphatic heterocycles. The summed E-state index contributed by atoms with van der Waals surface area (Å²) in [5.41, 5.74) is 0.498. The van der Waals surface area contributed by atoms with Gasteiger partial charge in [-0.2, -0.15) is 5.10 Å². The van der Waals surface area contributed by atoms with E-state index < -0.39 is 30.8 Å². The monoisotopic (exact) mass is 289 g/mol. The van der Waals surface area contributed by atoms with Gasteiger partial charge < -0.3 is 10.4 Å². The molecule has 20 heavy (non-hydrogen) atoms. The van der Waals surface area contributed by atoms with Crippen LogP contribution < -0.4 is 5.32 Å². The molecule has 0 fully saturated rings. The Morgan fingerprint density at radius 3 is 2.65 bits per heavy atom. The maximum Gasteiger partial charge on any atom is 0.308 e. The number of alkyl halides is 2. The van der Waals surface area contributed by atoms with Gasteiger partial charge in [-0.1, -0.05) is 6.92 Å². The molecule has 0 radical (unpaired) electrons. The zero-order chi connectivity index (χ0) is 15.3. The molecule has 0 aromatic carbocycles. The van der Waals surface area contributed by atoms with Gasteiger partial charge in [0.05, 0.1) is 17.2 Å². The number of hydrogen-bond donors (Lipinski definition) is 2. The summed E-state index contributed by atoms with van der Waals surface area (Å²) in [7, 11) is 0. The molecule has 112 valence electrons. The molecular formula is C12H17F2N3O3. The van der Waals surface area contributed by atoms with Crippen molar-refractivity contribution in [3.05, 3.63) is 17.5 Å². The summed E-state index contributed by atoms with van der Waals surface area (Å²) in [5, 5.41) is 15.2. The first-order chi connectivity index (χ1) is 9.35. The van der Waals surface area contributed by atoms with Gasteiger partial charge in [-0.25, -0.2) is 8.78 Å². The zero-order valence-corrected chi connectivity index (χ0v) is 11.3. The van der Waals surface area contributed by atoms with Crippen LogP contribution in [0.5, 0.6) is 0 Å². The Kier molecular flexibility index (Phi) is 5.60. The first-order valence-electron chi connectivity index (χ1n) is 6.18. The number of carbonyl (C=O) groups excluding carboxylic acids is 1. The Morgan fingerprint density at radius 1 is 1.50 bits per heavy atom. The number of amides is 1. The molecule has 0 aliphatic carbocycles. The fraction of sp³-hybridized carbons (Fsp3) is 0.583. The van der Waals surface area contributed by atoms with Gasteiger partial charge in [0.25, 0.3) is 12.3 Å². The SMILES string of the molecule is CCC(CNC(=O)c1cn(CC(F)F)nc1C)C(=O)O. The molecule has 1 heterocycles. The fourth-order valence-electron chi connectivity index (χ4n) is 1.69. The van der Waals surface area contributed by atoms with E-state index in [1.807, 2.05) is 0 Å². The Bertz CT molecular complexity index is 488. The van der Waals surface area contributed by atoms with Crippen LogP contribution in [0.2, 0.25) is 0 Å². The van der Waals surface area contributed by atoms with E-state index in [0.717, 1.165) is 4.68 Å². The first kappa shape index (κ1) is 16.1. The van der Waals surface area contributed by atoms with Gasteiger partial charge in [-0.3, -0.25) is 14.3 Å². The number of rotatable bonds is 7. The molecule has 1 aromatic rings. The highest BCUT2D eigenvalue weighted by Crippen LogP contribution is 2.08. The average molecular weight is 289 g/mol. The summed E-state index contributed by atoms with van der Waals surface area (Å²) < 4.78 is 25.5. The van der Waals surface area contributed by atoms with Crippen LogP contribution >= 0.6 is 0 Å². The predicted octanol–water partition coefficient (Wildman–Crippen LogP) is 1.30. The standard InChI is InChI=1S/C12H17F2N3O3/c1-3-8(12(19)20)4-15-11(18)9-5-17(6-10(13)14)16-7(9)2/h5,8,10H,3-4,6H2,1-2H3,(H,15,18)(H,19,20). The van der Waals surface area contributed by atoms with Gasteiger partial charge in [0.2, 0.25) is 0 Å². The van der Waals surface area contributed by atoms with Gasteiger partial charge in [-0.05, 0) is 13.3 Å². The molecule has 6 nitrogen and oxygen atoms in total. The average Bonchev–Trinajstić information content (AvgIpc) is 2.69. The van der Waals surface area contributed by atoms with Crippen molar-refractivity contribution in [1.29, 1.82) is 0 Å². The van der Waals surface area contributed by atoms with Gasteiger partial charge in [0, 0.05) is 12.7 Å². The van der Waals surface area contributed by atoms with Gasteiger partial charge in [0.1, 0.15) is 6.54 Å². The Balaban J connectivity index is 2.68. The molecule has 2 N–H and O–H groups in total. The van der Waals surface area contributed by atoms with Crippen molar-refractivity contribution in [2.24, 2.45) is 5.92 Å². The normalized spacial score (nSPS) is 12.4. The molecule has 8 heteroatoms. The number of aliphatic carboxylic acids is 1. The molecule has 1 rings (SSSR count). The summed E-state index contributed by atoms with van der Waals surface area (Å²) in [6, 6.07) is 0. The second-order valence-corrected chi connectivity index (χ2v) is 4.39. The number of carbonyl (C=O) groups is 2. The van der Waals surface area contributed by atoms with Crippen molar-refractivity contribution in [1.82, 2.24) is 15.1 Å². The quantitative estimate of drug-likeness (QED) is 0.792. The topological polar surface area (TPSA) is 84.2 Å². The van der Waals surface area contributed by atoms with E-state index in [2.05, 4.69) is 10.4 Å². The minimum atomic E-state index is -2.55. The molecule has 0 aliphatic rings. The van der Waals surface area contributed by atoms with Gasteiger partial charge in [-0.15, -0.1) is 0 Å². The molecule has 1 atom stereocenters. The van der Waals surface area contributed by atoms with E-state index in [-0.39, 0.29) is 12.1 Å². The van der Waals surface area contributed by atoms with Crippen LogP contribution in [-0.2, 0) is 11.3 Å². The lowest BCUT2D eigenvalue weighted by atomic mass is 10.1. The summed E-state index contributed by atoms with van der Waals surface area (Å²) in [4.78, 5) is 22.7. The van der Waals surface area contributed by atoms with Crippen molar-refractivity contribution in [2.45, 2.75) is 33.2 Å². The van der Waals surface area contributed by atoms with Crippen molar-refractivity contribution >= 4 is 11.9 Å². The van der Waals surface area contributed by atoms with Crippen LogP contribution in [0.25, 0.3) is 0 Å². The Labute approximate surface area is 114 Å². The minimum absolute atomic E-state index is 0.00979. The lowest BCUT2D eigenvalue weighted by molar-refractivity contribution is -0.141. The van der Waals surface area contributed by atoms with E-state index in [0.29, 0.717) is 12.1 Å². The molecule has 1 unspecified atom stereocenters. The fourth-order valence-corrected chi connectivity index (χ4v) is 1.69. The van der Waals surface area contributed by atoms with E-state index in [9.17, 15) is 18.4 Å². The number of nitrogens with one attached hydrogen (secondary N) is 1. The molecule has 1 aromatic heterocycles. The van der Waals surface area contributed by atoms with E-state index >= 15 is 0 Å². The highest BCUT2D eigenvalue weighted by molar-refractivity contribution is 5.95. The molecule has 0 saturated heterocycles. The van der Waals surface area contributed by atoms with Crippen molar-refractivity contribution in [2.75, 3.05) is 6.54 Å². The van der Waals surface area contributed by atoms with Crippen molar-refractivity contribution in [3.63, 3.8) is 0 Å². The smallest absolute Gasteiger partial charge is 0.308 e. The molecular weight excluding hydrogens is 272 g/mol. The molecule has 1 amide bonds. The predicted molar refractivity (Wildman–Crippen MR) is 66.7 cm³/mol. The second-order valence-electron chi connectivity index (χ2n) is 4.39. The molecule has 0 bridgehead atoms. The first-order valence-corrected chi connectivity index (χ1v) is 6.18. The molecule has 0 spiro atoms. The third-order valence-electron chi connectivity index (χ3n) is 2.87. The van der Waals surface area contributed by atoms with E-state index in [1.165, 1.54) is 13.1 Å². The largest absolute Gasteiger partial charge is 0.481 e. The van der Waals surface area contributed by atoms with E-state index in [4.69, 9.17) is 5.11 Å². The maximum atomic E-state index is 12.2. The number of aromatic nitrogens is 2. The summed E-state index contributed by atoms with van der Waals surface area (Å²) in [6.45, 7) is 2.65. The number of hydrogen-bond acceptors (Lipinski definition) is 3. The van der Waals surface area contributed by atoms with Crippen LogP contribution in [-0.4, -0.2) is 39.7 Å². The van der Waals surface area contributed by atoms with Gasteiger partial charge in [0.15, 0.2) is 0 Å². The number of nitrogens with zero attached hydrogens (tertiary/aromatic N) is 2. The number of halogens is 2. The molecule has 0 saturated carbocycles. The number of carboxylic acids is 1. The van der Waals surface area contributed by atoms with E-state index in [1.54, 1.807) is 6.92 Å². The third kappa shape index (κ3) is 4.29. The van der Waals surface area contributed by atoms with Crippen LogP contribution in [0.15, 0.2) is 6.20 Å². The summed E-state index contributed by atoms with van der Waals surface area (Å²) in [6.07, 6.45) is -0.931. The number of carboxylic acid groups (broad SMARTS) is 1. The zero-order valence-electron chi connectivity index (χ0n) is 11.3. The number of aryl methyl sites for hydroxylation is 1. The van der Waals surface area contributed by atoms with Crippen LogP contribution in [0.1, 0.15) is 29.4 Å². The summed E-state index contributed by atoms with van der Waals surface area (Å²) >= 11 is 0. The van der Waals surface area contributed by atoms with Crippen molar-refractivity contribution in [3.8, 4) is 0 Å². The highest BCUT2D eigenvalue weighted by Gasteiger charge is 2.19. The van der Waals surface area contributed by atoms with Crippen LogP contribution in [0, 0.1) is 12.8 Å². The minimum Gasteiger partial charge on any atom is -0.481 e.